The van der Waals surface area contributed by atoms with Gasteiger partial charge < -0.3 is 10.2 Å². The number of hydrogen-bond donors (Lipinski definition) is 1. The number of sulfonamides is 1. The average molecular weight is 554 g/mol. The number of nitrogens with zero attached hydrogens (tertiary/aromatic N) is 4. The second kappa shape index (κ2) is 12.7. The summed E-state index contributed by atoms with van der Waals surface area (Å²) in [7, 11) is -3.69. The minimum Gasteiger partial charge on any atom is -0.351 e. The van der Waals surface area contributed by atoms with E-state index >= 15 is 0 Å². The van der Waals surface area contributed by atoms with Crippen molar-refractivity contribution < 1.29 is 13.2 Å². The van der Waals surface area contributed by atoms with E-state index in [0.29, 0.717) is 12.1 Å². The van der Waals surface area contributed by atoms with Crippen LogP contribution in [0.1, 0.15) is 22.8 Å². The Kier molecular flexibility index (Phi) is 9.32. The first-order chi connectivity index (χ1) is 18.4. The van der Waals surface area contributed by atoms with Gasteiger partial charge in [0.2, 0.25) is 10.0 Å². The number of carbonyl (C=O) groups is 1. The maximum atomic E-state index is 12.8. The minimum atomic E-state index is -3.69. The highest BCUT2D eigenvalue weighted by molar-refractivity contribution is 7.89. The van der Waals surface area contributed by atoms with Crippen molar-refractivity contribution in [1.82, 2.24) is 19.5 Å². The highest BCUT2D eigenvalue weighted by Gasteiger charge is 2.23. The molecule has 0 radical (unpaired) electrons. The highest BCUT2D eigenvalue weighted by atomic mass is 32.2. The molecule has 1 aliphatic heterocycles. The van der Waals surface area contributed by atoms with Crippen molar-refractivity contribution in [3.05, 3.63) is 78.9 Å². The Labute approximate surface area is 229 Å². The molecule has 1 saturated heterocycles. The summed E-state index contributed by atoms with van der Waals surface area (Å²) >= 11 is 1.75. The molecule has 1 aromatic heterocycles. The van der Waals surface area contributed by atoms with Crippen LogP contribution in [0.2, 0.25) is 0 Å². The van der Waals surface area contributed by atoms with Crippen LogP contribution in [0.3, 0.4) is 0 Å². The molecular formula is C28H35N5O3S2. The van der Waals surface area contributed by atoms with Crippen LogP contribution >= 0.6 is 11.3 Å². The Hall–Kier alpha value is -3.05. The van der Waals surface area contributed by atoms with Crippen molar-refractivity contribution in [3.63, 3.8) is 0 Å². The van der Waals surface area contributed by atoms with E-state index in [0.717, 1.165) is 49.8 Å². The minimum absolute atomic E-state index is 0.134. The van der Waals surface area contributed by atoms with Crippen molar-refractivity contribution in [1.29, 1.82) is 0 Å². The van der Waals surface area contributed by atoms with Crippen LogP contribution in [0.5, 0.6) is 0 Å². The lowest BCUT2D eigenvalue weighted by molar-refractivity contribution is 0.0947. The molecule has 2 aromatic carbocycles. The van der Waals surface area contributed by atoms with Gasteiger partial charge in [-0.1, -0.05) is 42.5 Å². The third kappa shape index (κ3) is 6.32. The lowest BCUT2D eigenvalue weighted by Gasteiger charge is -2.34. The molecule has 4 rings (SSSR count). The number of amides is 1. The largest absolute Gasteiger partial charge is 0.351 e. The van der Waals surface area contributed by atoms with Gasteiger partial charge >= 0.3 is 0 Å². The summed E-state index contributed by atoms with van der Waals surface area (Å²) in [5.74, 6) is -0.220. The molecule has 0 unspecified atom stereocenters. The predicted molar refractivity (Wildman–Crippen MR) is 156 cm³/mol. The van der Waals surface area contributed by atoms with Crippen LogP contribution in [-0.2, 0) is 16.4 Å². The first-order valence-corrected chi connectivity index (χ1v) is 15.1. The molecule has 3 aromatic rings. The first kappa shape index (κ1) is 28.0. The molecule has 8 nitrogen and oxygen atoms in total. The zero-order chi connectivity index (χ0) is 27.1. The number of anilines is 1. The summed E-state index contributed by atoms with van der Waals surface area (Å²) in [6.07, 6.45) is 4.05. The second-order valence-electron chi connectivity index (χ2n) is 9.12. The third-order valence-electron chi connectivity index (χ3n) is 6.65. The number of carbonyl (C=O) groups excluding carboxylic acids is 1. The molecule has 1 N–H and O–H groups in total. The summed E-state index contributed by atoms with van der Waals surface area (Å²) in [4.78, 5) is 22.4. The van der Waals surface area contributed by atoms with E-state index in [4.69, 9.17) is 4.98 Å². The molecule has 0 spiro atoms. The summed E-state index contributed by atoms with van der Waals surface area (Å²) in [6, 6.07) is 12.4. The molecule has 1 amide bonds. The SMILES string of the molecule is C=CCN(CC=C)S(=O)(=O)c1ccc(C(=O)NCCN2CCN(c3nc4c(CC)cccc4s3)CC2)cc1. The Morgan fingerprint density at radius 1 is 1.08 bits per heavy atom. The Balaban J connectivity index is 1.25. The van der Waals surface area contributed by atoms with E-state index in [1.54, 1.807) is 23.5 Å². The molecule has 10 heteroatoms. The van der Waals surface area contributed by atoms with Gasteiger partial charge in [0.05, 0.1) is 15.1 Å². The number of benzene rings is 2. The fourth-order valence-electron chi connectivity index (χ4n) is 4.49. The number of aryl methyl sites for hydroxylation is 1. The fourth-order valence-corrected chi connectivity index (χ4v) is 6.94. The molecule has 1 aliphatic rings. The molecule has 0 bridgehead atoms. The predicted octanol–water partition coefficient (Wildman–Crippen LogP) is 3.77. The number of thiazole rings is 1. The number of rotatable bonds is 12. The van der Waals surface area contributed by atoms with Crippen LogP contribution in [0.4, 0.5) is 5.13 Å². The van der Waals surface area contributed by atoms with E-state index in [-0.39, 0.29) is 23.9 Å². The summed E-state index contributed by atoms with van der Waals surface area (Å²) in [5.41, 5.74) is 2.84. The average Bonchev–Trinajstić information content (AvgIpc) is 3.38. The first-order valence-electron chi connectivity index (χ1n) is 12.8. The van der Waals surface area contributed by atoms with Crippen molar-refractivity contribution in [3.8, 4) is 0 Å². The number of fused-ring (bicyclic) bond motifs is 1. The zero-order valence-corrected chi connectivity index (χ0v) is 23.4. The number of piperazine rings is 1. The molecule has 0 saturated carbocycles. The number of para-hydroxylation sites is 1. The fraction of sp³-hybridized carbons (Fsp3) is 0.357. The van der Waals surface area contributed by atoms with Crippen molar-refractivity contribution in [2.24, 2.45) is 0 Å². The maximum absolute atomic E-state index is 12.8. The highest BCUT2D eigenvalue weighted by Crippen LogP contribution is 2.31. The number of hydrogen-bond acceptors (Lipinski definition) is 7. The van der Waals surface area contributed by atoms with Crippen molar-refractivity contribution >= 4 is 42.6 Å². The van der Waals surface area contributed by atoms with Crippen molar-refractivity contribution in [2.45, 2.75) is 18.2 Å². The topological polar surface area (TPSA) is 85.8 Å². The summed E-state index contributed by atoms with van der Waals surface area (Å²) < 4.78 is 28.2. The summed E-state index contributed by atoms with van der Waals surface area (Å²) in [6.45, 7) is 14.7. The van der Waals surface area contributed by atoms with Gasteiger partial charge in [-0.2, -0.15) is 4.31 Å². The van der Waals surface area contributed by atoms with Gasteiger partial charge in [-0.3, -0.25) is 9.69 Å². The van der Waals surface area contributed by atoms with Gasteiger partial charge in [-0.05, 0) is 42.3 Å². The Bertz CT molecular complexity index is 1370. The van der Waals surface area contributed by atoms with Crippen molar-refractivity contribution in [2.75, 3.05) is 57.3 Å². The lowest BCUT2D eigenvalue weighted by Crippen LogP contribution is -2.48. The van der Waals surface area contributed by atoms with Crippen LogP contribution in [-0.4, -0.2) is 80.9 Å². The quantitative estimate of drug-likeness (QED) is 0.344. The van der Waals surface area contributed by atoms with Crippen LogP contribution in [0.25, 0.3) is 10.2 Å². The normalized spacial score (nSPS) is 14.6. The van der Waals surface area contributed by atoms with Gasteiger partial charge in [0.1, 0.15) is 0 Å². The molecule has 1 fully saturated rings. The molecule has 0 aliphatic carbocycles. The van der Waals surface area contributed by atoms with Gasteiger partial charge in [0, 0.05) is 57.9 Å². The summed E-state index contributed by atoms with van der Waals surface area (Å²) in [5, 5.41) is 4.03. The van der Waals surface area contributed by atoms with E-state index in [1.165, 1.54) is 38.9 Å². The maximum Gasteiger partial charge on any atom is 0.251 e. The number of nitrogens with one attached hydrogen (secondary N) is 1. The third-order valence-corrected chi connectivity index (χ3v) is 9.58. The molecule has 202 valence electrons. The van der Waals surface area contributed by atoms with Crippen LogP contribution in [0, 0.1) is 0 Å². The van der Waals surface area contributed by atoms with Gasteiger partial charge in [-0.15, -0.1) is 13.2 Å². The molecule has 38 heavy (non-hydrogen) atoms. The Morgan fingerprint density at radius 2 is 1.76 bits per heavy atom. The molecule has 0 atom stereocenters. The van der Waals surface area contributed by atoms with Gasteiger partial charge in [-0.25, -0.2) is 13.4 Å². The van der Waals surface area contributed by atoms with E-state index in [9.17, 15) is 13.2 Å². The Morgan fingerprint density at radius 3 is 2.39 bits per heavy atom. The number of aromatic nitrogens is 1. The monoisotopic (exact) mass is 553 g/mol. The smallest absolute Gasteiger partial charge is 0.251 e. The molecular weight excluding hydrogens is 518 g/mol. The van der Waals surface area contributed by atoms with Crippen LogP contribution in [0.15, 0.2) is 72.7 Å². The van der Waals surface area contributed by atoms with E-state index < -0.39 is 10.0 Å². The van der Waals surface area contributed by atoms with Crippen LogP contribution < -0.4 is 10.2 Å². The lowest BCUT2D eigenvalue weighted by atomic mass is 10.1. The second-order valence-corrected chi connectivity index (χ2v) is 12.1. The molecule has 2 heterocycles. The van der Waals surface area contributed by atoms with E-state index in [2.05, 4.69) is 53.4 Å². The van der Waals surface area contributed by atoms with Gasteiger partial charge in [0.25, 0.3) is 5.91 Å². The standard InChI is InChI=1S/C28H35N5O3S2/c1-4-15-33(16-5-2)38(35,36)24-12-10-23(11-13-24)27(34)29-14-17-31-18-20-32(21-19-31)28-30-26-22(6-3)8-7-9-25(26)37-28/h4-5,7-13H,1-2,6,14-21H2,3H3,(H,29,34). The zero-order valence-electron chi connectivity index (χ0n) is 21.8. The van der Waals surface area contributed by atoms with E-state index in [1.807, 2.05) is 0 Å². The van der Waals surface area contributed by atoms with Gasteiger partial charge in [0.15, 0.2) is 5.13 Å².